The fraction of sp³-hybridized carbons (Fsp3) is 0.526. The molecule has 0 aliphatic heterocycles. The summed E-state index contributed by atoms with van der Waals surface area (Å²) in [5.74, 6) is -1.65. The molecule has 1 aromatic rings. The number of carboxylic acid groups (broad SMARTS) is 1. The maximum absolute atomic E-state index is 12.5. The standard InChI is InChI=1S/C19H25NO4/c1-12-4-5-13(2)16(10-12)17(21)8-9-18(22)20(15-6-7-15)11-14(3)19(23)24/h4-5,10,14-15H,6-9,11H2,1-3H3,(H,23,24). The van der Waals surface area contributed by atoms with Gasteiger partial charge in [0, 0.05) is 31.0 Å². The van der Waals surface area contributed by atoms with Gasteiger partial charge in [0.1, 0.15) is 0 Å². The van der Waals surface area contributed by atoms with Crippen molar-refractivity contribution in [2.45, 2.75) is 52.5 Å². The number of rotatable bonds is 8. The predicted molar refractivity (Wildman–Crippen MR) is 91.0 cm³/mol. The van der Waals surface area contributed by atoms with Crippen molar-refractivity contribution < 1.29 is 19.5 Å². The molecule has 24 heavy (non-hydrogen) atoms. The van der Waals surface area contributed by atoms with E-state index in [0.29, 0.717) is 5.56 Å². The molecular formula is C19H25NO4. The Balaban J connectivity index is 1.96. The summed E-state index contributed by atoms with van der Waals surface area (Å²) in [6, 6.07) is 5.87. The van der Waals surface area contributed by atoms with Crippen molar-refractivity contribution in [2.24, 2.45) is 5.92 Å². The first-order valence-corrected chi connectivity index (χ1v) is 8.42. The van der Waals surface area contributed by atoms with Crippen LogP contribution in [0.2, 0.25) is 0 Å². The Morgan fingerprint density at radius 3 is 2.46 bits per heavy atom. The second kappa shape index (κ2) is 7.60. The molecular weight excluding hydrogens is 306 g/mol. The summed E-state index contributed by atoms with van der Waals surface area (Å²) in [6.07, 6.45) is 2.13. The average molecular weight is 331 g/mol. The van der Waals surface area contributed by atoms with E-state index in [1.807, 2.05) is 32.0 Å². The average Bonchev–Trinajstić information content (AvgIpc) is 3.36. The molecule has 0 aromatic heterocycles. The van der Waals surface area contributed by atoms with E-state index in [9.17, 15) is 14.4 Å². The van der Waals surface area contributed by atoms with Gasteiger partial charge in [-0.15, -0.1) is 0 Å². The number of nitrogens with zero attached hydrogens (tertiary/aromatic N) is 1. The van der Waals surface area contributed by atoms with Crippen LogP contribution < -0.4 is 0 Å². The van der Waals surface area contributed by atoms with E-state index in [1.165, 1.54) is 0 Å². The van der Waals surface area contributed by atoms with Gasteiger partial charge in [-0.25, -0.2) is 0 Å². The number of hydrogen-bond acceptors (Lipinski definition) is 3. The van der Waals surface area contributed by atoms with Gasteiger partial charge in [0.2, 0.25) is 5.91 Å². The van der Waals surface area contributed by atoms with Crippen molar-refractivity contribution in [3.63, 3.8) is 0 Å². The highest BCUT2D eigenvalue weighted by Crippen LogP contribution is 2.28. The molecule has 1 unspecified atom stereocenters. The van der Waals surface area contributed by atoms with Crippen molar-refractivity contribution in [3.8, 4) is 0 Å². The SMILES string of the molecule is Cc1ccc(C)c(C(=O)CCC(=O)N(CC(C)C(=O)O)C2CC2)c1. The van der Waals surface area contributed by atoms with Crippen LogP contribution in [0.15, 0.2) is 18.2 Å². The van der Waals surface area contributed by atoms with Crippen molar-refractivity contribution in [2.75, 3.05) is 6.54 Å². The summed E-state index contributed by atoms with van der Waals surface area (Å²) in [5, 5.41) is 9.05. The molecule has 5 heteroatoms. The quantitative estimate of drug-likeness (QED) is 0.743. The van der Waals surface area contributed by atoms with Gasteiger partial charge in [0.15, 0.2) is 5.78 Å². The van der Waals surface area contributed by atoms with Crippen molar-refractivity contribution in [1.29, 1.82) is 0 Å². The number of Topliss-reactive ketones (excluding diaryl/α,β-unsaturated/α-hetero) is 1. The monoisotopic (exact) mass is 331 g/mol. The molecule has 1 N–H and O–H groups in total. The van der Waals surface area contributed by atoms with Gasteiger partial charge in [-0.3, -0.25) is 14.4 Å². The van der Waals surface area contributed by atoms with Crippen molar-refractivity contribution in [3.05, 3.63) is 34.9 Å². The minimum Gasteiger partial charge on any atom is -0.481 e. The maximum Gasteiger partial charge on any atom is 0.308 e. The molecule has 0 spiro atoms. The number of aliphatic carboxylic acids is 1. The molecule has 0 radical (unpaired) electrons. The summed E-state index contributed by atoms with van der Waals surface area (Å²) >= 11 is 0. The van der Waals surface area contributed by atoms with Crippen LogP contribution in [-0.4, -0.2) is 40.3 Å². The highest BCUT2D eigenvalue weighted by molar-refractivity contribution is 5.99. The number of carbonyl (C=O) groups is 3. The van der Waals surface area contributed by atoms with Gasteiger partial charge >= 0.3 is 5.97 Å². The molecule has 0 saturated heterocycles. The first-order valence-electron chi connectivity index (χ1n) is 8.42. The Morgan fingerprint density at radius 2 is 1.88 bits per heavy atom. The number of carbonyl (C=O) groups excluding carboxylic acids is 2. The van der Waals surface area contributed by atoms with Gasteiger partial charge in [0.25, 0.3) is 0 Å². The highest BCUT2D eigenvalue weighted by atomic mass is 16.4. The lowest BCUT2D eigenvalue weighted by Crippen LogP contribution is -2.38. The number of aryl methyl sites for hydroxylation is 2. The summed E-state index contributed by atoms with van der Waals surface area (Å²) in [6.45, 7) is 5.64. The number of benzene rings is 1. The van der Waals surface area contributed by atoms with Crippen LogP contribution in [0.1, 0.15) is 54.1 Å². The van der Waals surface area contributed by atoms with Crippen LogP contribution in [0.25, 0.3) is 0 Å². The Morgan fingerprint density at radius 1 is 1.21 bits per heavy atom. The molecule has 0 heterocycles. The highest BCUT2D eigenvalue weighted by Gasteiger charge is 2.34. The summed E-state index contributed by atoms with van der Waals surface area (Å²) in [4.78, 5) is 37.5. The first kappa shape index (κ1) is 18.2. The summed E-state index contributed by atoms with van der Waals surface area (Å²) < 4.78 is 0. The normalized spacial score (nSPS) is 15.0. The van der Waals surface area contributed by atoms with Gasteiger partial charge < -0.3 is 10.0 Å². The lowest BCUT2D eigenvalue weighted by atomic mass is 9.99. The van der Waals surface area contributed by atoms with E-state index < -0.39 is 11.9 Å². The number of ketones is 1. The van der Waals surface area contributed by atoms with E-state index in [4.69, 9.17) is 5.11 Å². The minimum absolute atomic E-state index is 0.0356. The second-order valence-corrected chi connectivity index (χ2v) is 6.76. The fourth-order valence-electron chi connectivity index (χ4n) is 2.75. The number of hydrogen-bond donors (Lipinski definition) is 1. The fourth-order valence-corrected chi connectivity index (χ4v) is 2.75. The van der Waals surface area contributed by atoms with E-state index in [0.717, 1.165) is 24.0 Å². The number of amides is 1. The molecule has 1 atom stereocenters. The van der Waals surface area contributed by atoms with Gasteiger partial charge in [-0.1, -0.05) is 24.6 Å². The van der Waals surface area contributed by atoms with Crippen LogP contribution in [0.3, 0.4) is 0 Å². The zero-order chi connectivity index (χ0) is 17.9. The molecule has 1 aliphatic rings. The van der Waals surface area contributed by atoms with Crippen LogP contribution in [-0.2, 0) is 9.59 Å². The zero-order valence-corrected chi connectivity index (χ0v) is 14.5. The second-order valence-electron chi connectivity index (χ2n) is 6.76. The molecule has 1 aliphatic carbocycles. The van der Waals surface area contributed by atoms with E-state index in [2.05, 4.69) is 0 Å². The van der Waals surface area contributed by atoms with Gasteiger partial charge in [-0.05, 0) is 38.3 Å². The van der Waals surface area contributed by atoms with Crippen molar-refractivity contribution in [1.82, 2.24) is 4.90 Å². The summed E-state index contributed by atoms with van der Waals surface area (Å²) in [5.41, 5.74) is 2.60. The number of carboxylic acids is 1. The van der Waals surface area contributed by atoms with Crippen LogP contribution >= 0.6 is 0 Å². The molecule has 1 saturated carbocycles. The third-order valence-corrected chi connectivity index (χ3v) is 4.46. The first-order chi connectivity index (χ1) is 11.3. The Hall–Kier alpha value is -2.17. The Kier molecular flexibility index (Phi) is 5.75. The molecule has 1 aromatic carbocycles. The van der Waals surface area contributed by atoms with Crippen LogP contribution in [0.4, 0.5) is 0 Å². The van der Waals surface area contributed by atoms with E-state index in [1.54, 1.807) is 11.8 Å². The molecule has 2 rings (SSSR count). The largest absolute Gasteiger partial charge is 0.481 e. The lowest BCUT2D eigenvalue weighted by molar-refractivity contribution is -0.143. The van der Waals surface area contributed by atoms with Crippen molar-refractivity contribution >= 4 is 17.7 Å². The van der Waals surface area contributed by atoms with Crippen LogP contribution in [0, 0.1) is 19.8 Å². The Bertz CT molecular complexity index is 649. The topological polar surface area (TPSA) is 74.7 Å². The third-order valence-electron chi connectivity index (χ3n) is 4.46. The lowest BCUT2D eigenvalue weighted by Gasteiger charge is -2.24. The molecule has 1 amide bonds. The Labute approximate surface area is 142 Å². The molecule has 1 fully saturated rings. The molecule has 5 nitrogen and oxygen atoms in total. The van der Waals surface area contributed by atoms with E-state index in [-0.39, 0.29) is 37.1 Å². The smallest absolute Gasteiger partial charge is 0.308 e. The van der Waals surface area contributed by atoms with E-state index >= 15 is 0 Å². The molecule has 130 valence electrons. The van der Waals surface area contributed by atoms with Gasteiger partial charge in [-0.2, -0.15) is 0 Å². The maximum atomic E-state index is 12.5. The minimum atomic E-state index is -0.903. The summed E-state index contributed by atoms with van der Waals surface area (Å²) in [7, 11) is 0. The molecule has 0 bridgehead atoms. The third kappa shape index (κ3) is 4.66. The van der Waals surface area contributed by atoms with Gasteiger partial charge in [0.05, 0.1) is 5.92 Å². The zero-order valence-electron chi connectivity index (χ0n) is 14.5. The predicted octanol–water partition coefficient (Wildman–Crippen LogP) is 2.98. The van der Waals surface area contributed by atoms with Crippen LogP contribution in [0.5, 0.6) is 0 Å².